The average Bonchev–Trinajstić information content (AvgIpc) is 2.55. The second kappa shape index (κ2) is 6.45. The number of hydrogen-bond donors (Lipinski definition) is 0. The molecular weight excluding hydrogens is 427 g/mol. The molecule has 1 aromatic carbocycles. The van der Waals surface area contributed by atoms with E-state index in [1.54, 1.807) is 12.1 Å². The normalized spacial score (nSPS) is 11.4. The van der Waals surface area contributed by atoms with Gasteiger partial charge in [0, 0.05) is 5.30 Å². The molecule has 2 aromatic heterocycles. The van der Waals surface area contributed by atoms with Gasteiger partial charge < -0.3 is 4.57 Å². The van der Waals surface area contributed by atoms with Crippen molar-refractivity contribution in [3.63, 3.8) is 0 Å². The fourth-order valence-electron chi connectivity index (χ4n) is 2.17. The van der Waals surface area contributed by atoms with Crippen LogP contribution in [0.5, 0.6) is 0 Å². The fourth-order valence-corrected chi connectivity index (χ4v) is 5.57. The summed E-state index contributed by atoms with van der Waals surface area (Å²) in [5.41, 5.74) is 1.03. The minimum atomic E-state index is -3.11. The van der Waals surface area contributed by atoms with E-state index in [0.29, 0.717) is 25.4 Å². The van der Waals surface area contributed by atoms with Gasteiger partial charge in [0.05, 0.1) is 0 Å². The highest BCUT2D eigenvalue weighted by Gasteiger charge is 2.32. The Morgan fingerprint density at radius 3 is 1.64 bits per heavy atom. The molecule has 0 aliphatic heterocycles. The third kappa shape index (κ3) is 2.94. The van der Waals surface area contributed by atoms with Gasteiger partial charge in [-0.3, -0.25) is 0 Å². The summed E-state index contributed by atoms with van der Waals surface area (Å²) in [6, 6.07) is 20.2. The Hall–Kier alpha value is -1.29. The number of aromatic nitrogens is 2. The molecule has 3 rings (SSSR count). The minimum absolute atomic E-state index is 0.513. The molecular formula is C16H11Br2N2OP. The SMILES string of the molecule is O=P(c1ccccc1)(c1cccc(Br)n1)c1cccc(Br)n1. The van der Waals surface area contributed by atoms with E-state index in [0.717, 1.165) is 0 Å². The smallest absolute Gasteiger partial charge is 0.206 e. The van der Waals surface area contributed by atoms with E-state index in [1.165, 1.54) is 0 Å². The maximum absolute atomic E-state index is 14.0. The summed E-state index contributed by atoms with van der Waals surface area (Å²) in [5.74, 6) is 0. The first-order chi connectivity index (χ1) is 10.6. The van der Waals surface area contributed by atoms with Crippen molar-refractivity contribution < 1.29 is 4.57 Å². The zero-order valence-corrected chi connectivity index (χ0v) is 15.4. The van der Waals surface area contributed by atoms with Gasteiger partial charge in [0.2, 0.25) is 7.14 Å². The molecule has 2 heterocycles. The Labute approximate surface area is 145 Å². The number of nitrogens with zero attached hydrogens (tertiary/aromatic N) is 2. The van der Waals surface area contributed by atoms with Crippen molar-refractivity contribution in [2.24, 2.45) is 0 Å². The first-order valence-electron chi connectivity index (χ1n) is 6.52. The van der Waals surface area contributed by atoms with Crippen LogP contribution in [-0.4, -0.2) is 9.97 Å². The van der Waals surface area contributed by atoms with Crippen molar-refractivity contribution in [1.82, 2.24) is 9.97 Å². The summed E-state index contributed by atoms with van der Waals surface area (Å²) in [6.45, 7) is 0. The molecule has 0 aliphatic rings. The maximum atomic E-state index is 14.0. The average molecular weight is 438 g/mol. The van der Waals surface area contributed by atoms with Crippen LogP contribution in [-0.2, 0) is 4.57 Å². The topological polar surface area (TPSA) is 42.9 Å². The molecule has 6 heteroatoms. The van der Waals surface area contributed by atoms with Gasteiger partial charge in [-0.2, -0.15) is 0 Å². The van der Waals surface area contributed by atoms with Crippen molar-refractivity contribution in [2.45, 2.75) is 0 Å². The van der Waals surface area contributed by atoms with Crippen LogP contribution in [0, 0.1) is 0 Å². The molecule has 0 unspecified atom stereocenters. The lowest BCUT2D eigenvalue weighted by atomic mass is 10.4. The van der Waals surface area contributed by atoms with Gasteiger partial charge in [-0.25, -0.2) is 9.97 Å². The van der Waals surface area contributed by atoms with Gasteiger partial charge in [0.15, 0.2) is 0 Å². The van der Waals surface area contributed by atoms with Gasteiger partial charge in [-0.1, -0.05) is 42.5 Å². The van der Waals surface area contributed by atoms with Crippen LogP contribution in [0.15, 0.2) is 75.9 Å². The lowest BCUT2D eigenvalue weighted by Gasteiger charge is -2.18. The Balaban J connectivity index is 2.30. The van der Waals surface area contributed by atoms with Crippen LogP contribution in [0.4, 0.5) is 0 Å². The van der Waals surface area contributed by atoms with Gasteiger partial charge in [-0.05, 0) is 56.1 Å². The zero-order chi connectivity index (χ0) is 15.6. The number of pyridine rings is 2. The van der Waals surface area contributed by atoms with Crippen LogP contribution in [0.3, 0.4) is 0 Å². The van der Waals surface area contributed by atoms with E-state index in [2.05, 4.69) is 41.8 Å². The van der Waals surface area contributed by atoms with Gasteiger partial charge in [-0.15, -0.1) is 0 Å². The summed E-state index contributed by atoms with van der Waals surface area (Å²) in [4.78, 5) is 8.85. The maximum Gasteiger partial charge on any atom is 0.206 e. The summed E-state index contributed by atoms with van der Waals surface area (Å²) in [6.07, 6.45) is 0. The second-order valence-corrected chi connectivity index (χ2v) is 8.86. The van der Waals surface area contributed by atoms with Crippen molar-refractivity contribution in [3.05, 3.63) is 75.9 Å². The van der Waals surface area contributed by atoms with Gasteiger partial charge >= 0.3 is 0 Å². The van der Waals surface area contributed by atoms with Gasteiger partial charge in [0.25, 0.3) is 0 Å². The fraction of sp³-hybridized carbons (Fsp3) is 0. The third-order valence-corrected chi connectivity index (χ3v) is 6.86. The molecule has 110 valence electrons. The monoisotopic (exact) mass is 436 g/mol. The highest BCUT2D eigenvalue weighted by Crippen LogP contribution is 2.41. The second-order valence-electron chi connectivity index (χ2n) is 4.58. The zero-order valence-electron chi connectivity index (χ0n) is 11.4. The van der Waals surface area contributed by atoms with Crippen LogP contribution >= 0.6 is 39.0 Å². The quantitative estimate of drug-likeness (QED) is 0.464. The molecule has 0 radical (unpaired) electrons. The van der Waals surface area contributed by atoms with E-state index in [-0.39, 0.29) is 0 Å². The van der Waals surface area contributed by atoms with Crippen LogP contribution in [0.25, 0.3) is 0 Å². The first kappa shape index (κ1) is 15.6. The van der Waals surface area contributed by atoms with E-state index < -0.39 is 7.14 Å². The summed E-state index contributed by atoms with van der Waals surface area (Å²) >= 11 is 6.70. The van der Waals surface area contributed by atoms with Crippen LogP contribution in [0.2, 0.25) is 0 Å². The van der Waals surface area contributed by atoms with E-state index in [9.17, 15) is 4.57 Å². The molecule has 0 aliphatic carbocycles. The summed E-state index contributed by atoms with van der Waals surface area (Å²) < 4.78 is 15.3. The highest BCUT2D eigenvalue weighted by molar-refractivity contribution is 9.10. The van der Waals surface area contributed by atoms with Gasteiger partial charge in [0.1, 0.15) is 20.1 Å². The molecule has 0 saturated heterocycles. The summed E-state index contributed by atoms with van der Waals surface area (Å²) in [7, 11) is -3.11. The Morgan fingerprint density at radius 2 is 1.18 bits per heavy atom. The van der Waals surface area contributed by atoms with Crippen molar-refractivity contribution in [2.75, 3.05) is 0 Å². The van der Waals surface area contributed by atoms with E-state index >= 15 is 0 Å². The van der Waals surface area contributed by atoms with Crippen molar-refractivity contribution in [1.29, 1.82) is 0 Å². The molecule has 3 aromatic rings. The lowest BCUT2D eigenvalue weighted by Crippen LogP contribution is -2.28. The highest BCUT2D eigenvalue weighted by atomic mass is 79.9. The number of hydrogen-bond acceptors (Lipinski definition) is 3. The molecule has 0 amide bonds. The predicted molar refractivity (Wildman–Crippen MR) is 96.8 cm³/mol. The molecule has 3 nitrogen and oxygen atoms in total. The predicted octanol–water partition coefficient (Wildman–Crippen LogP) is 3.64. The van der Waals surface area contributed by atoms with E-state index in [1.807, 2.05) is 54.6 Å². The number of rotatable bonds is 3. The first-order valence-corrected chi connectivity index (χ1v) is 9.82. The van der Waals surface area contributed by atoms with E-state index in [4.69, 9.17) is 0 Å². The molecule has 0 saturated carbocycles. The number of benzene rings is 1. The lowest BCUT2D eigenvalue weighted by molar-refractivity contribution is 0.591. The molecule has 0 bridgehead atoms. The minimum Gasteiger partial charge on any atom is -0.305 e. The van der Waals surface area contributed by atoms with Crippen LogP contribution < -0.4 is 16.2 Å². The molecule has 0 atom stereocenters. The largest absolute Gasteiger partial charge is 0.305 e. The van der Waals surface area contributed by atoms with Crippen molar-refractivity contribution >= 4 is 55.2 Å². The summed E-state index contributed by atoms with van der Waals surface area (Å²) in [5, 5.41) is 0.714. The molecule has 22 heavy (non-hydrogen) atoms. The number of halogens is 2. The Bertz CT molecular complexity index is 806. The standard InChI is InChI=1S/C16H11Br2N2OP/c17-13-8-4-10-15(19-13)22(21,12-6-2-1-3-7-12)16-11-5-9-14(18)20-16/h1-11H. The third-order valence-electron chi connectivity index (χ3n) is 3.17. The molecule has 0 N–H and O–H groups in total. The molecule has 0 fully saturated rings. The Morgan fingerprint density at radius 1 is 0.682 bits per heavy atom. The van der Waals surface area contributed by atoms with Crippen LogP contribution in [0.1, 0.15) is 0 Å². The molecule has 0 spiro atoms. The van der Waals surface area contributed by atoms with Crippen molar-refractivity contribution in [3.8, 4) is 0 Å². The Kier molecular flexibility index (Phi) is 4.57.